The number of phenolic OH excluding ortho intramolecular Hbond substituents is 2. The Labute approximate surface area is 212 Å². The average Bonchev–Trinajstić information content (AvgIpc) is 3.16. The summed E-state index contributed by atoms with van der Waals surface area (Å²) in [6.07, 6.45) is 3.88. The quantitative estimate of drug-likeness (QED) is 0.322. The van der Waals surface area contributed by atoms with E-state index in [4.69, 9.17) is 9.47 Å². The first-order valence-electron chi connectivity index (χ1n) is 12.7. The second kappa shape index (κ2) is 10.5. The zero-order valence-electron chi connectivity index (χ0n) is 21.0. The second-order valence-electron chi connectivity index (χ2n) is 9.54. The highest BCUT2D eigenvalue weighted by Gasteiger charge is 2.18. The van der Waals surface area contributed by atoms with Crippen LogP contribution in [0.25, 0.3) is 22.2 Å². The van der Waals surface area contributed by atoms with Crippen LogP contribution in [0.1, 0.15) is 30.4 Å². The van der Waals surface area contributed by atoms with E-state index >= 15 is 0 Å². The van der Waals surface area contributed by atoms with Crippen molar-refractivity contribution in [3.05, 3.63) is 71.8 Å². The first-order valence-corrected chi connectivity index (χ1v) is 12.7. The number of rotatable bonds is 8. The SMILES string of the molecule is COc1cc(Cn2c(-c3ccc(O)cc3)c(C)c3cc(O)ccc32)ccc1OCCN1CCCCC1. The summed E-state index contributed by atoms with van der Waals surface area (Å²) < 4.78 is 14.0. The van der Waals surface area contributed by atoms with Crippen molar-refractivity contribution >= 4 is 10.9 Å². The molecule has 1 fully saturated rings. The Morgan fingerprint density at radius 3 is 2.33 bits per heavy atom. The number of benzene rings is 3. The Hall–Kier alpha value is -3.64. The van der Waals surface area contributed by atoms with Crippen molar-refractivity contribution in [3.63, 3.8) is 0 Å². The zero-order valence-corrected chi connectivity index (χ0v) is 21.0. The third kappa shape index (κ3) is 5.00. The number of ether oxygens (including phenoxy) is 2. The molecule has 6 heteroatoms. The van der Waals surface area contributed by atoms with E-state index in [1.807, 2.05) is 36.4 Å². The molecule has 1 saturated heterocycles. The molecule has 5 rings (SSSR count). The molecule has 0 radical (unpaired) electrons. The molecule has 0 unspecified atom stereocenters. The van der Waals surface area contributed by atoms with E-state index in [1.54, 1.807) is 25.3 Å². The molecule has 2 N–H and O–H groups in total. The van der Waals surface area contributed by atoms with Crippen LogP contribution in [0.3, 0.4) is 0 Å². The number of fused-ring (bicyclic) bond motifs is 1. The van der Waals surface area contributed by atoms with Gasteiger partial charge in [-0.2, -0.15) is 0 Å². The molecule has 1 aliphatic heterocycles. The van der Waals surface area contributed by atoms with Gasteiger partial charge in [-0.05, 0) is 104 Å². The van der Waals surface area contributed by atoms with Crippen molar-refractivity contribution in [1.82, 2.24) is 9.47 Å². The lowest BCUT2D eigenvalue weighted by Crippen LogP contribution is -2.33. The van der Waals surface area contributed by atoms with Crippen molar-refractivity contribution in [1.29, 1.82) is 0 Å². The van der Waals surface area contributed by atoms with Crippen LogP contribution in [0.4, 0.5) is 0 Å². The molecule has 1 aliphatic rings. The van der Waals surface area contributed by atoms with E-state index in [-0.39, 0.29) is 11.5 Å². The largest absolute Gasteiger partial charge is 0.508 e. The molecule has 4 aromatic rings. The zero-order chi connectivity index (χ0) is 25.1. The number of nitrogens with zero attached hydrogens (tertiary/aromatic N) is 2. The maximum Gasteiger partial charge on any atom is 0.161 e. The molecule has 0 bridgehead atoms. The molecule has 0 atom stereocenters. The van der Waals surface area contributed by atoms with Gasteiger partial charge in [0, 0.05) is 24.0 Å². The number of hydrogen-bond acceptors (Lipinski definition) is 5. The molecule has 1 aromatic heterocycles. The van der Waals surface area contributed by atoms with Gasteiger partial charge in [0.2, 0.25) is 0 Å². The van der Waals surface area contributed by atoms with Gasteiger partial charge in [-0.3, -0.25) is 4.90 Å². The Balaban J connectivity index is 1.43. The van der Waals surface area contributed by atoms with Gasteiger partial charge in [0.15, 0.2) is 11.5 Å². The second-order valence-corrected chi connectivity index (χ2v) is 9.54. The lowest BCUT2D eigenvalue weighted by atomic mass is 10.1. The Morgan fingerprint density at radius 2 is 1.58 bits per heavy atom. The fraction of sp³-hybridized carbons (Fsp3) is 0.333. The highest BCUT2D eigenvalue weighted by molar-refractivity contribution is 5.92. The summed E-state index contributed by atoms with van der Waals surface area (Å²) in [5, 5.41) is 20.9. The summed E-state index contributed by atoms with van der Waals surface area (Å²) >= 11 is 0. The van der Waals surface area contributed by atoms with Crippen LogP contribution in [0.5, 0.6) is 23.0 Å². The monoisotopic (exact) mass is 486 g/mol. The lowest BCUT2D eigenvalue weighted by Gasteiger charge is -2.26. The number of aryl methyl sites for hydroxylation is 1. The first kappa shape index (κ1) is 24.1. The molecular formula is C30H34N2O4. The Morgan fingerprint density at radius 1 is 0.833 bits per heavy atom. The van der Waals surface area contributed by atoms with Crippen LogP contribution in [0.15, 0.2) is 60.7 Å². The van der Waals surface area contributed by atoms with Gasteiger partial charge in [-0.15, -0.1) is 0 Å². The molecule has 0 aliphatic carbocycles. The van der Waals surface area contributed by atoms with Gasteiger partial charge >= 0.3 is 0 Å². The maximum atomic E-state index is 10.1. The van der Waals surface area contributed by atoms with Crippen LogP contribution in [0, 0.1) is 6.92 Å². The summed E-state index contributed by atoms with van der Waals surface area (Å²) in [5.74, 6) is 1.96. The van der Waals surface area contributed by atoms with Crippen LogP contribution < -0.4 is 9.47 Å². The van der Waals surface area contributed by atoms with E-state index in [1.165, 1.54) is 19.3 Å². The van der Waals surface area contributed by atoms with Gasteiger partial charge in [0.25, 0.3) is 0 Å². The van der Waals surface area contributed by atoms with E-state index < -0.39 is 0 Å². The van der Waals surface area contributed by atoms with Crippen LogP contribution in [-0.4, -0.2) is 53.0 Å². The van der Waals surface area contributed by atoms with E-state index in [9.17, 15) is 10.2 Å². The summed E-state index contributed by atoms with van der Waals surface area (Å²) in [4.78, 5) is 2.46. The summed E-state index contributed by atoms with van der Waals surface area (Å²) in [6, 6.07) is 18.9. The van der Waals surface area contributed by atoms with E-state index in [2.05, 4.69) is 22.5 Å². The molecule has 3 aromatic carbocycles. The standard InChI is InChI=1S/C30H34N2O4/c1-21-26-19-25(34)11-12-27(26)32(30(21)23-7-9-24(33)10-8-23)20-22-6-13-28(29(18-22)35-2)36-17-16-31-14-4-3-5-15-31/h6-13,18-19,33-34H,3-5,14-17,20H2,1-2H3. The number of phenols is 2. The van der Waals surface area contributed by atoms with Gasteiger partial charge in [0.05, 0.1) is 12.8 Å². The number of piperidine rings is 1. The van der Waals surface area contributed by atoms with Crippen LogP contribution in [-0.2, 0) is 6.54 Å². The van der Waals surface area contributed by atoms with Gasteiger partial charge in [-0.1, -0.05) is 12.5 Å². The third-order valence-electron chi connectivity index (χ3n) is 7.12. The highest BCUT2D eigenvalue weighted by atomic mass is 16.5. The van der Waals surface area contributed by atoms with Crippen molar-refractivity contribution in [2.75, 3.05) is 33.4 Å². The van der Waals surface area contributed by atoms with Crippen molar-refractivity contribution in [3.8, 4) is 34.3 Å². The molecule has 2 heterocycles. The normalized spacial score (nSPS) is 14.3. The van der Waals surface area contributed by atoms with Crippen molar-refractivity contribution in [2.24, 2.45) is 0 Å². The van der Waals surface area contributed by atoms with Crippen LogP contribution >= 0.6 is 0 Å². The highest BCUT2D eigenvalue weighted by Crippen LogP contribution is 2.37. The minimum atomic E-state index is 0.234. The smallest absolute Gasteiger partial charge is 0.161 e. The fourth-order valence-electron chi connectivity index (χ4n) is 5.25. The van der Waals surface area contributed by atoms with E-state index in [0.29, 0.717) is 13.2 Å². The number of aromatic nitrogens is 1. The summed E-state index contributed by atoms with van der Waals surface area (Å²) in [5.41, 5.74) is 5.26. The minimum absolute atomic E-state index is 0.234. The number of hydrogen-bond donors (Lipinski definition) is 2. The average molecular weight is 487 g/mol. The first-order chi connectivity index (χ1) is 17.5. The predicted octanol–water partition coefficient (Wildman–Crippen LogP) is 5.95. The predicted molar refractivity (Wildman–Crippen MR) is 143 cm³/mol. The molecule has 0 saturated carbocycles. The topological polar surface area (TPSA) is 67.1 Å². The van der Waals surface area contributed by atoms with Crippen molar-refractivity contribution in [2.45, 2.75) is 32.7 Å². The Bertz CT molecular complexity index is 1340. The van der Waals surface area contributed by atoms with Crippen molar-refractivity contribution < 1.29 is 19.7 Å². The molecule has 36 heavy (non-hydrogen) atoms. The Kier molecular flexibility index (Phi) is 7.05. The molecule has 0 spiro atoms. The third-order valence-corrected chi connectivity index (χ3v) is 7.12. The molecule has 0 amide bonds. The minimum Gasteiger partial charge on any atom is -0.508 e. The number of methoxy groups -OCH3 is 1. The van der Waals surface area contributed by atoms with Gasteiger partial charge in [0.1, 0.15) is 18.1 Å². The summed E-state index contributed by atoms with van der Waals surface area (Å²) in [6.45, 7) is 6.58. The molecule has 6 nitrogen and oxygen atoms in total. The number of likely N-dealkylation sites (tertiary alicyclic amines) is 1. The lowest BCUT2D eigenvalue weighted by molar-refractivity contribution is 0.180. The maximum absolute atomic E-state index is 10.1. The van der Waals surface area contributed by atoms with Crippen LogP contribution in [0.2, 0.25) is 0 Å². The summed E-state index contributed by atoms with van der Waals surface area (Å²) in [7, 11) is 1.68. The van der Waals surface area contributed by atoms with Gasteiger partial charge in [-0.25, -0.2) is 0 Å². The van der Waals surface area contributed by atoms with Gasteiger partial charge < -0.3 is 24.3 Å². The molecular weight excluding hydrogens is 452 g/mol. The molecule has 188 valence electrons. The number of aromatic hydroxyl groups is 2. The van der Waals surface area contributed by atoms with E-state index in [0.717, 1.165) is 64.4 Å². The fourth-order valence-corrected chi connectivity index (χ4v) is 5.25.